The average molecular weight is 321 g/mol. The van der Waals surface area contributed by atoms with Crippen LogP contribution in [-0.4, -0.2) is 27.2 Å². The van der Waals surface area contributed by atoms with Gasteiger partial charge in [0.05, 0.1) is 0 Å². The van der Waals surface area contributed by atoms with Crippen LogP contribution in [0.3, 0.4) is 0 Å². The number of rotatable bonds is 3. The van der Waals surface area contributed by atoms with Gasteiger partial charge in [-0.05, 0) is 37.1 Å². The Kier molecular flexibility index (Phi) is 4.16. The van der Waals surface area contributed by atoms with E-state index < -0.39 is 0 Å². The lowest BCUT2D eigenvalue weighted by molar-refractivity contribution is 0.0782. The van der Waals surface area contributed by atoms with Gasteiger partial charge in [0.25, 0.3) is 11.5 Å². The van der Waals surface area contributed by atoms with Crippen molar-refractivity contribution in [1.82, 2.24) is 14.3 Å². The second-order valence-corrected chi connectivity index (χ2v) is 6.00. The van der Waals surface area contributed by atoms with Gasteiger partial charge in [-0.2, -0.15) is 0 Å². The van der Waals surface area contributed by atoms with Gasteiger partial charge in [-0.3, -0.25) is 14.0 Å². The molecule has 0 saturated carbocycles. The van der Waals surface area contributed by atoms with Crippen molar-refractivity contribution in [3.8, 4) is 0 Å². The van der Waals surface area contributed by atoms with Gasteiger partial charge in [-0.1, -0.05) is 29.8 Å². The SMILES string of the molecule is Cc1ccc(CN(C)C(=O)c2cnc3ccccn3c2=O)c(C)c1. The standard InChI is InChI=1S/C19H19N3O2/c1-13-7-8-15(14(2)10-13)12-21(3)18(23)16-11-20-17-6-4-5-9-22(17)19(16)24/h4-11H,12H2,1-3H3. The maximum absolute atomic E-state index is 12.7. The minimum Gasteiger partial charge on any atom is -0.337 e. The highest BCUT2D eigenvalue weighted by Crippen LogP contribution is 2.13. The Morgan fingerprint density at radius 1 is 1.21 bits per heavy atom. The molecule has 0 unspecified atom stereocenters. The predicted octanol–water partition coefficient (Wildman–Crippen LogP) is 2.58. The molecule has 0 saturated heterocycles. The zero-order valence-electron chi connectivity index (χ0n) is 14.0. The highest BCUT2D eigenvalue weighted by molar-refractivity contribution is 5.93. The molecule has 1 aromatic carbocycles. The van der Waals surface area contributed by atoms with Gasteiger partial charge in [0.2, 0.25) is 0 Å². The molecule has 24 heavy (non-hydrogen) atoms. The lowest BCUT2D eigenvalue weighted by atomic mass is 10.1. The van der Waals surface area contributed by atoms with Crippen LogP contribution in [0.25, 0.3) is 5.65 Å². The molecule has 5 nitrogen and oxygen atoms in total. The van der Waals surface area contributed by atoms with Crippen LogP contribution in [0.2, 0.25) is 0 Å². The van der Waals surface area contributed by atoms with Crippen LogP contribution in [-0.2, 0) is 6.54 Å². The second-order valence-electron chi connectivity index (χ2n) is 6.00. The van der Waals surface area contributed by atoms with Crippen molar-refractivity contribution in [2.75, 3.05) is 7.05 Å². The highest BCUT2D eigenvalue weighted by Gasteiger charge is 2.18. The van der Waals surface area contributed by atoms with E-state index in [0.29, 0.717) is 12.2 Å². The Morgan fingerprint density at radius 2 is 2.00 bits per heavy atom. The number of benzene rings is 1. The fourth-order valence-electron chi connectivity index (χ4n) is 2.73. The smallest absolute Gasteiger partial charge is 0.270 e. The van der Waals surface area contributed by atoms with E-state index in [1.54, 1.807) is 36.3 Å². The van der Waals surface area contributed by atoms with Gasteiger partial charge in [-0.25, -0.2) is 4.98 Å². The first-order valence-electron chi connectivity index (χ1n) is 7.75. The number of amides is 1. The number of nitrogens with zero attached hydrogens (tertiary/aromatic N) is 3. The number of aromatic nitrogens is 2. The Morgan fingerprint density at radius 3 is 2.75 bits per heavy atom. The zero-order valence-corrected chi connectivity index (χ0v) is 14.0. The molecule has 0 fully saturated rings. The molecule has 0 radical (unpaired) electrons. The summed E-state index contributed by atoms with van der Waals surface area (Å²) in [6.07, 6.45) is 2.98. The Bertz CT molecular complexity index is 976. The molecule has 0 aliphatic rings. The van der Waals surface area contributed by atoms with E-state index in [0.717, 1.165) is 11.1 Å². The summed E-state index contributed by atoms with van der Waals surface area (Å²) in [5.74, 6) is -0.328. The fraction of sp³-hybridized carbons (Fsp3) is 0.211. The molecule has 2 heterocycles. The van der Waals surface area contributed by atoms with Gasteiger partial charge in [0.1, 0.15) is 11.2 Å². The maximum atomic E-state index is 12.7. The van der Waals surface area contributed by atoms with Crippen LogP contribution in [0.5, 0.6) is 0 Å². The van der Waals surface area contributed by atoms with E-state index in [4.69, 9.17) is 0 Å². The van der Waals surface area contributed by atoms with Gasteiger partial charge in [0, 0.05) is 26.0 Å². The average Bonchev–Trinajstić information content (AvgIpc) is 2.57. The number of hydrogen-bond acceptors (Lipinski definition) is 3. The third-order valence-corrected chi connectivity index (χ3v) is 4.10. The predicted molar refractivity (Wildman–Crippen MR) is 93.2 cm³/mol. The molecule has 122 valence electrons. The quantitative estimate of drug-likeness (QED) is 0.745. The monoisotopic (exact) mass is 321 g/mol. The largest absolute Gasteiger partial charge is 0.337 e. The summed E-state index contributed by atoms with van der Waals surface area (Å²) in [7, 11) is 1.70. The summed E-state index contributed by atoms with van der Waals surface area (Å²) in [4.78, 5) is 30.9. The van der Waals surface area contributed by atoms with Crippen LogP contribution in [0.15, 0.2) is 53.6 Å². The van der Waals surface area contributed by atoms with Crippen molar-refractivity contribution in [2.45, 2.75) is 20.4 Å². The van der Waals surface area contributed by atoms with E-state index in [9.17, 15) is 9.59 Å². The van der Waals surface area contributed by atoms with Gasteiger partial charge < -0.3 is 4.90 Å². The van der Waals surface area contributed by atoms with Crippen molar-refractivity contribution in [3.05, 3.63) is 81.4 Å². The number of hydrogen-bond donors (Lipinski definition) is 0. The minimum atomic E-state index is -0.349. The Balaban J connectivity index is 1.91. The number of fused-ring (bicyclic) bond motifs is 1. The van der Waals surface area contributed by atoms with Gasteiger partial charge in [0.15, 0.2) is 0 Å². The molecule has 0 atom stereocenters. The normalized spacial score (nSPS) is 10.8. The molecule has 0 aliphatic carbocycles. The van der Waals surface area contributed by atoms with E-state index in [-0.39, 0.29) is 17.0 Å². The van der Waals surface area contributed by atoms with Crippen molar-refractivity contribution in [2.24, 2.45) is 0 Å². The van der Waals surface area contributed by atoms with Crippen LogP contribution in [0, 0.1) is 13.8 Å². The topological polar surface area (TPSA) is 54.7 Å². The third kappa shape index (κ3) is 2.93. The molecule has 0 aliphatic heterocycles. The van der Waals surface area contributed by atoms with Crippen molar-refractivity contribution in [3.63, 3.8) is 0 Å². The summed E-state index contributed by atoms with van der Waals surface area (Å²) in [5, 5.41) is 0. The van der Waals surface area contributed by atoms with E-state index >= 15 is 0 Å². The first-order valence-corrected chi connectivity index (χ1v) is 7.75. The number of pyridine rings is 1. The molecular weight excluding hydrogens is 302 g/mol. The van der Waals surface area contributed by atoms with Crippen LogP contribution < -0.4 is 5.56 Å². The Labute approximate surface area is 140 Å². The number of aryl methyl sites for hydroxylation is 2. The van der Waals surface area contributed by atoms with Crippen LogP contribution >= 0.6 is 0 Å². The molecule has 5 heteroatoms. The van der Waals surface area contributed by atoms with Crippen molar-refractivity contribution in [1.29, 1.82) is 0 Å². The summed E-state index contributed by atoms with van der Waals surface area (Å²) >= 11 is 0. The first-order chi connectivity index (χ1) is 11.5. The molecule has 3 rings (SSSR count). The number of carbonyl (C=O) groups is 1. The summed E-state index contributed by atoms with van der Waals surface area (Å²) in [6, 6.07) is 11.4. The van der Waals surface area contributed by atoms with E-state index in [1.807, 2.05) is 26.0 Å². The summed E-state index contributed by atoms with van der Waals surface area (Å²) < 4.78 is 1.39. The van der Waals surface area contributed by atoms with Crippen LogP contribution in [0.4, 0.5) is 0 Å². The Hall–Kier alpha value is -2.95. The van der Waals surface area contributed by atoms with Crippen molar-refractivity contribution < 1.29 is 4.79 Å². The molecule has 0 N–H and O–H groups in total. The minimum absolute atomic E-state index is 0.0750. The van der Waals surface area contributed by atoms with Crippen LogP contribution in [0.1, 0.15) is 27.0 Å². The molecule has 1 amide bonds. The fourth-order valence-corrected chi connectivity index (χ4v) is 2.73. The lowest BCUT2D eigenvalue weighted by Crippen LogP contribution is -2.33. The molecule has 3 aromatic rings. The second kappa shape index (κ2) is 6.28. The highest BCUT2D eigenvalue weighted by atomic mass is 16.2. The molecule has 2 aromatic heterocycles. The van der Waals surface area contributed by atoms with E-state index in [1.165, 1.54) is 16.2 Å². The van der Waals surface area contributed by atoms with Gasteiger partial charge in [-0.15, -0.1) is 0 Å². The number of carbonyl (C=O) groups excluding carboxylic acids is 1. The molecule has 0 bridgehead atoms. The maximum Gasteiger partial charge on any atom is 0.270 e. The van der Waals surface area contributed by atoms with Crippen molar-refractivity contribution >= 4 is 11.6 Å². The van der Waals surface area contributed by atoms with E-state index in [2.05, 4.69) is 11.1 Å². The third-order valence-electron chi connectivity index (χ3n) is 4.10. The summed E-state index contributed by atoms with van der Waals surface area (Å²) in [6.45, 7) is 4.50. The zero-order chi connectivity index (χ0) is 17.3. The first kappa shape index (κ1) is 15.9. The molecule has 0 spiro atoms. The van der Waals surface area contributed by atoms with Gasteiger partial charge >= 0.3 is 0 Å². The molecular formula is C19H19N3O2. The lowest BCUT2D eigenvalue weighted by Gasteiger charge is -2.18. The summed E-state index contributed by atoms with van der Waals surface area (Å²) in [5.41, 5.74) is 3.62.